The lowest BCUT2D eigenvalue weighted by Gasteiger charge is -2.38. The van der Waals surface area contributed by atoms with Crippen molar-refractivity contribution in [2.75, 3.05) is 32.1 Å². The highest BCUT2D eigenvalue weighted by Crippen LogP contribution is 2.31. The number of carbonyl (C=O) groups excluding carboxylic acids is 2. The van der Waals surface area contributed by atoms with Gasteiger partial charge in [-0.2, -0.15) is 0 Å². The molecule has 2 heterocycles. The molecule has 1 aliphatic rings. The van der Waals surface area contributed by atoms with Crippen LogP contribution in [0.15, 0.2) is 67.0 Å². The van der Waals surface area contributed by atoms with Crippen molar-refractivity contribution in [1.29, 1.82) is 0 Å². The number of aromatic nitrogens is 1. The molecule has 3 atom stereocenters. The lowest BCUT2D eigenvalue weighted by molar-refractivity contribution is 0.0341. The van der Waals surface area contributed by atoms with E-state index in [4.69, 9.17) is 9.84 Å². The number of nitrogens with one attached hydrogen (secondary N) is 1. The Morgan fingerprint density at radius 2 is 1.82 bits per heavy atom. The Morgan fingerprint density at radius 1 is 1.12 bits per heavy atom. The highest BCUT2D eigenvalue weighted by atomic mass is 16.5. The molecule has 0 spiro atoms. The third-order valence-corrected chi connectivity index (χ3v) is 7.01. The molecular weight excluding hydrogens is 512 g/mol. The van der Waals surface area contributed by atoms with E-state index in [0.717, 1.165) is 5.56 Å². The minimum Gasteiger partial charge on any atom is -0.488 e. The number of likely N-dealkylation sites (N-methyl/N-ethyl adjacent to an activating group) is 1. The number of carboxylic acids is 1. The van der Waals surface area contributed by atoms with E-state index >= 15 is 0 Å². The maximum Gasteiger partial charge on any atom is 0.335 e. The maximum atomic E-state index is 13.7. The third-order valence-electron chi connectivity index (χ3n) is 7.01. The van der Waals surface area contributed by atoms with E-state index < -0.39 is 12.0 Å². The number of nitrogens with zero attached hydrogens (tertiary/aromatic N) is 3. The van der Waals surface area contributed by atoms with E-state index in [9.17, 15) is 19.5 Å². The first kappa shape index (κ1) is 28.7. The zero-order valence-corrected chi connectivity index (χ0v) is 22.8. The smallest absolute Gasteiger partial charge is 0.335 e. The van der Waals surface area contributed by atoms with Gasteiger partial charge in [0.2, 0.25) is 0 Å². The molecule has 2 amide bonds. The molecule has 210 valence electrons. The predicted octanol–water partition coefficient (Wildman–Crippen LogP) is 3.38. The maximum absolute atomic E-state index is 13.7. The van der Waals surface area contributed by atoms with Crippen molar-refractivity contribution in [2.24, 2.45) is 5.92 Å². The Kier molecular flexibility index (Phi) is 9.13. The molecule has 0 radical (unpaired) electrons. The van der Waals surface area contributed by atoms with E-state index in [2.05, 4.69) is 15.2 Å². The van der Waals surface area contributed by atoms with Crippen LogP contribution in [0.5, 0.6) is 5.75 Å². The Hall–Kier alpha value is -4.28. The number of anilines is 1. The largest absolute Gasteiger partial charge is 0.488 e. The van der Waals surface area contributed by atoms with Crippen molar-refractivity contribution in [3.05, 3.63) is 89.2 Å². The topological polar surface area (TPSA) is 132 Å². The number of hydrogen-bond acceptors (Lipinski definition) is 7. The van der Waals surface area contributed by atoms with Gasteiger partial charge in [0.05, 0.1) is 23.8 Å². The molecule has 0 saturated heterocycles. The van der Waals surface area contributed by atoms with Gasteiger partial charge < -0.3 is 25.2 Å². The average molecular weight is 547 g/mol. The fourth-order valence-corrected chi connectivity index (χ4v) is 4.66. The van der Waals surface area contributed by atoms with Crippen LogP contribution in [0.3, 0.4) is 0 Å². The van der Waals surface area contributed by atoms with Gasteiger partial charge in [-0.15, -0.1) is 0 Å². The molecule has 0 aliphatic carbocycles. The van der Waals surface area contributed by atoms with E-state index in [-0.39, 0.29) is 36.0 Å². The lowest BCUT2D eigenvalue weighted by Crippen LogP contribution is -2.49. The molecule has 10 nitrogen and oxygen atoms in total. The van der Waals surface area contributed by atoms with Gasteiger partial charge in [0, 0.05) is 49.2 Å². The summed E-state index contributed by atoms with van der Waals surface area (Å²) >= 11 is 0. The molecule has 10 heteroatoms. The second-order valence-corrected chi connectivity index (χ2v) is 10.2. The molecule has 0 bridgehead atoms. The van der Waals surface area contributed by atoms with Gasteiger partial charge in [0.25, 0.3) is 11.8 Å². The second-order valence-electron chi connectivity index (χ2n) is 10.2. The second kappa shape index (κ2) is 12.7. The van der Waals surface area contributed by atoms with Gasteiger partial charge in [0.15, 0.2) is 0 Å². The molecule has 3 aromatic rings. The van der Waals surface area contributed by atoms with Crippen LogP contribution in [0.25, 0.3) is 0 Å². The Bertz CT molecular complexity index is 1350. The summed E-state index contributed by atoms with van der Waals surface area (Å²) in [4.78, 5) is 45.2. The number of ether oxygens (including phenoxy) is 1. The van der Waals surface area contributed by atoms with Crippen molar-refractivity contribution in [2.45, 2.75) is 32.5 Å². The van der Waals surface area contributed by atoms with E-state index in [1.807, 2.05) is 14.0 Å². The van der Waals surface area contributed by atoms with Gasteiger partial charge in [-0.05, 0) is 62.0 Å². The Balaban J connectivity index is 1.57. The summed E-state index contributed by atoms with van der Waals surface area (Å²) < 4.78 is 6.43. The zero-order chi connectivity index (χ0) is 28.8. The number of amides is 2. The van der Waals surface area contributed by atoms with E-state index in [1.54, 1.807) is 66.4 Å². The normalized spacial score (nSPS) is 17.8. The number of aromatic carboxylic acids is 1. The summed E-state index contributed by atoms with van der Waals surface area (Å²) in [6.45, 7) is 5.11. The molecule has 1 aromatic heterocycles. The number of aliphatic hydroxyl groups excluding tert-OH is 1. The molecule has 0 saturated carbocycles. The van der Waals surface area contributed by atoms with Gasteiger partial charge in [-0.25, -0.2) is 4.79 Å². The summed E-state index contributed by atoms with van der Waals surface area (Å²) in [5.41, 5.74) is 2.39. The monoisotopic (exact) mass is 546 g/mol. The summed E-state index contributed by atoms with van der Waals surface area (Å²) in [5, 5.41) is 21.9. The first-order chi connectivity index (χ1) is 19.2. The molecule has 3 N–H and O–H groups in total. The number of benzene rings is 2. The highest BCUT2D eigenvalue weighted by Gasteiger charge is 2.33. The van der Waals surface area contributed by atoms with Crippen LogP contribution in [0.1, 0.15) is 50.5 Å². The van der Waals surface area contributed by atoms with Gasteiger partial charge >= 0.3 is 5.97 Å². The summed E-state index contributed by atoms with van der Waals surface area (Å²) in [6, 6.07) is 14.5. The SMILES string of the molecule is C[C@@H]1CN([C@H](C)CO)C(=O)c2cc(NC(=O)c3ccncc3)ccc2O[C@@H]1CN(C)Cc1ccc(C(=O)O)cc1. The fourth-order valence-electron chi connectivity index (χ4n) is 4.66. The van der Waals surface area contributed by atoms with Crippen LogP contribution in [-0.4, -0.2) is 81.7 Å². The van der Waals surface area contributed by atoms with Crippen molar-refractivity contribution in [3.8, 4) is 5.75 Å². The van der Waals surface area contributed by atoms with Crippen LogP contribution in [0, 0.1) is 5.92 Å². The predicted molar refractivity (Wildman–Crippen MR) is 150 cm³/mol. The van der Waals surface area contributed by atoms with Gasteiger partial charge in [-0.3, -0.25) is 19.5 Å². The molecule has 0 unspecified atom stereocenters. The van der Waals surface area contributed by atoms with Crippen molar-refractivity contribution >= 4 is 23.5 Å². The lowest BCUT2D eigenvalue weighted by atomic mass is 9.99. The van der Waals surface area contributed by atoms with Crippen molar-refractivity contribution in [1.82, 2.24) is 14.8 Å². The Morgan fingerprint density at radius 3 is 2.48 bits per heavy atom. The molecule has 2 aromatic carbocycles. The van der Waals surface area contributed by atoms with Crippen molar-refractivity contribution in [3.63, 3.8) is 0 Å². The van der Waals surface area contributed by atoms with Gasteiger partial charge in [-0.1, -0.05) is 19.1 Å². The Labute approximate surface area is 233 Å². The first-order valence-electron chi connectivity index (χ1n) is 13.1. The number of carboxylic acid groups (broad SMARTS) is 1. The number of aliphatic hydroxyl groups is 1. The van der Waals surface area contributed by atoms with Crippen LogP contribution in [-0.2, 0) is 6.54 Å². The fraction of sp³-hybridized carbons (Fsp3) is 0.333. The number of rotatable bonds is 9. The van der Waals surface area contributed by atoms with Crippen LogP contribution in [0.2, 0.25) is 0 Å². The first-order valence-corrected chi connectivity index (χ1v) is 13.1. The minimum atomic E-state index is -0.966. The number of fused-ring (bicyclic) bond motifs is 1. The average Bonchev–Trinajstić information content (AvgIpc) is 2.95. The molecular formula is C30H34N4O6. The quantitative estimate of drug-likeness (QED) is 0.372. The van der Waals surface area contributed by atoms with Crippen molar-refractivity contribution < 1.29 is 29.3 Å². The van der Waals surface area contributed by atoms with E-state index in [0.29, 0.717) is 42.2 Å². The van der Waals surface area contributed by atoms with Gasteiger partial charge in [0.1, 0.15) is 11.9 Å². The molecule has 4 rings (SSSR count). The van der Waals surface area contributed by atoms with Crippen LogP contribution in [0.4, 0.5) is 5.69 Å². The third kappa shape index (κ3) is 6.83. The number of pyridine rings is 1. The molecule has 40 heavy (non-hydrogen) atoms. The van der Waals surface area contributed by atoms with Crippen LogP contribution >= 0.6 is 0 Å². The summed E-state index contributed by atoms with van der Waals surface area (Å²) in [7, 11) is 1.96. The number of carbonyl (C=O) groups is 3. The molecule has 0 fully saturated rings. The standard InChI is InChI=1S/C30H34N4O6/c1-19-15-34(20(2)18-35)29(37)25-14-24(32-28(36)22-10-12-31-13-11-22)8-9-26(25)40-27(19)17-33(3)16-21-4-6-23(7-5-21)30(38)39/h4-14,19-20,27,35H,15-18H2,1-3H3,(H,32,36)(H,38,39)/t19-,20-,27-/m1/s1. The summed E-state index contributed by atoms with van der Waals surface area (Å²) in [6.07, 6.45) is 2.77. The zero-order valence-electron chi connectivity index (χ0n) is 22.8. The minimum absolute atomic E-state index is 0.0611. The molecule has 1 aliphatic heterocycles. The van der Waals surface area contributed by atoms with Crippen LogP contribution < -0.4 is 10.1 Å². The number of hydrogen-bond donors (Lipinski definition) is 3. The van der Waals surface area contributed by atoms with E-state index in [1.165, 1.54) is 12.4 Å². The highest BCUT2D eigenvalue weighted by molar-refractivity contribution is 6.05. The summed E-state index contributed by atoms with van der Waals surface area (Å²) in [5.74, 6) is -1.24.